The fourth-order valence-corrected chi connectivity index (χ4v) is 2.13. The average Bonchev–Trinajstić information content (AvgIpc) is 3.08. The number of rotatable bonds is 3. The molecule has 18 heavy (non-hydrogen) atoms. The van der Waals surface area contributed by atoms with E-state index >= 15 is 0 Å². The zero-order chi connectivity index (χ0) is 12.4. The van der Waals surface area contributed by atoms with Crippen LogP contribution in [0.5, 0.6) is 0 Å². The summed E-state index contributed by atoms with van der Waals surface area (Å²) >= 11 is 0. The first-order chi connectivity index (χ1) is 8.90. The highest BCUT2D eigenvalue weighted by atomic mass is 15.3. The van der Waals surface area contributed by atoms with Crippen LogP contribution in [0.1, 0.15) is 12.6 Å². The third kappa shape index (κ3) is 1.72. The molecule has 0 fully saturated rings. The van der Waals surface area contributed by atoms with Crippen LogP contribution in [0.4, 0.5) is 0 Å². The number of aromatic amines is 1. The highest BCUT2D eigenvalue weighted by Crippen LogP contribution is 2.23. The Morgan fingerprint density at radius 1 is 1.17 bits per heavy atom. The van der Waals surface area contributed by atoms with Gasteiger partial charge in [0.05, 0.1) is 35.8 Å². The lowest BCUT2D eigenvalue weighted by Gasteiger charge is -2.06. The minimum absolute atomic E-state index is 0.920. The summed E-state index contributed by atoms with van der Waals surface area (Å²) in [6.45, 7) is 2.14. The molecule has 1 aromatic carbocycles. The largest absolute Gasteiger partial charge is 0.345 e. The molecule has 4 heteroatoms. The Hall–Kier alpha value is -2.36. The van der Waals surface area contributed by atoms with Crippen molar-refractivity contribution in [3.63, 3.8) is 0 Å². The third-order valence-corrected chi connectivity index (χ3v) is 2.99. The molecule has 0 atom stereocenters. The van der Waals surface area contributed by atoms with E-state index in [0.29, 0.717) is 0 Å². The second-order valence-corrected chi connectivity index (χ2v) is 4.07. The van der Waals surface area contributed by atoms with Crippen molar-refractivity contribution in [2.24, 2.45) is 0 Å². The Bertz CT molecular complexity index is 623. The molecule has 4 nitrogen and oxygen atoms in total. The van der Waals surface area contributed by atoms with Crippen LogP contribution in [0.2, 0.25) is 0 Å². The molecule has 3 aromatic rings. The van der Waals surface area contributed by atoms with Crippen LogP contribution in [-0.2, 0) is 6.42 Å². The zero-order valence-electron chi connectivity index (χ0n) is 10.2. The van der Waals surface area contributed by atoms with E-state index in [1.807, 2.05) is 35.3 Å². The Labute approximate surface area is 105 Å². The number of nitrogens with zero attached hydrogens (tertiary/aromatic N) is 3. The van der Waals surface area contributed by atoms with E-state index in [2.05, 4.69) is 34.1 Å². The lowest BCUT2D eigenvalue weighted by molar-refractivity contribution is 0.814. The number of hydrogen-bond acceptors (Lipinski definition) is 2. The van der Waals surface area contributed by atoms with Crippen LogP contribution in [0.25, 0.3) is 16.9 Å². The minimum Gasteiger partial charge on any atom is -0.345 e. The fourth-order valence-electron chi connectivity index (χ4n) is 2.13. The van der Waals surface area contributed by atoms with E-state index in [1.54, 1.807) is 6.33 Å². The molecule has 0 saturated carbocycles. The van der Waals surface area contributed by atoms with Crippen LogP contribution >= 0.6 is 0 Å². The van der Waals surface area contributed by atoms with Gasteiger partial charge in [0.2, 0.25) is 0 Å². The number of hydrogen-bond donors (Lipinski definition) is 1. The smallest absolute Gasteiger partial charge is 0.0924 e. The predicted molar refractivity (Wildman–Crippen MR) is 70.5 cm³/mol. The Morgan fingerprint density at radius 2 is 2.00 bits per heavy atom. The molecular formula is C14H14N4. The van der Waals surface area contributed by atoms with Gasteiger partial charge in [0.1, 0.15) is 0 Å². The van der Waals surface area contributed by atoms with Crippen molar-refractivity contribution in [1.82, 2.24) is 19.7 Å². The van der Waals surface area contributed by atoms with E-state index < -0.39 is 0 Å². The van der Waals surface area contributed by atoms with Crippen molar-refractivity contribution in [2.45, 2.75) is 13.3 Å². The first-order valence-corrected chi connectivity index (χ1v) is 6.01. The molecule has 90 valence electrons. The van der Waals surface area contributed by atoms with Gasteiger partial charge in [-0.3, -0.25) is 0 Å². The lowest BCUT2D eigenvalue weighted by Crippen LogP contribution is -2.01. The van der Waals surface area contributed by atoms with Crippen molar-refractivity contribution >= 4 is 0 Å². The number of para-hydroxylation sites is 1. The summed E-state index contributed by atoms with van der Waals surface area (Å²) in [5.74, 6) is 0. The summed E-state index contributed by atoms with van der Waals surface area (Å²) in [6.07, 6.45) is 6.32. The monoisotopic (exact) mass is 238 g/mol. The molecule has 0 saturated heterocycles. The van der Waals surface area contributed by atoms with Crippen molar-refractivity contribution in [2.75, 3.05) is 0 Å². The van der Waals surface area contributed by atoms with Gasteiger partial charge in [-0.1, -0.05) is 25.1 Å². The van der Waals surface area contributed by atoms with Gasteiger partial charge < -0.3 is 4.98 Å². The summed E-state index contributed by atoms with van der Waals surface area (Å²) in [4.78, 5) is 7.19. The van der Waals surface area contributed by atoms with E-state index in [4.69, 9.17) is 0 Å². The molecule has 0 spiro atoms. The SMILES string of the molecule is CCc1c(-c2cnc[nH]2)cnn1-c1ccccc1. The zero-order valence-corrected chi connectivity index (χ0v) is 10.2. The second-order valence-electron chi connectivity index (χ2n) is 4.07. The summed E-state index contributed by atoms with van der Waals surface area (Å²) < 4.78 is 1.98. The number of imidazole rings is 1. The van der Waals surface area contributed by atoms with Gasteiger partial charge >= 0.3 is 0 Å². The first kappa shape index (κ1) is 10.8. The summed E-state index contributed by atoms with van der Waals surface area (Å²) in [6, 6.07) is 10.2. The van der Waals surface area contributed by atoms with Gasteiger partial charge in [0, 0.05) is 5.56 Å². The van der Waals surface area contributed by atoms with E-state index in [-0.39, 0.29) is 0 Å². The van der Waals surface area contributed by atoms with Gasteiger partial charge in [-0.15, -0.1) is 0 Å². The minimum atomic E-state index is 0.920. The summed E-state index contributed by atoms with van der Waals surface area (Å²) in [5.41, 5.74) is 4.39. The maximum atomic E-state index is 4.48. The van der Waals surface area contributed by atoms with Crippen LogP contribution < -0.4 is 0 Å². The summed E-state index contributed by atoms with van der Waals surface area (Å²) in [7, 11) is 0. The average molecular weight is 238 g/mol. The molecule has 2 heterocycles. The maximum absolute atomic E-state index is 4.48. The highest BCUT2D eigenvalue weighted by Gasteiger charge is 2.12. The van der Waals surface area contributed by atoms with Crippen molar-refractivity contribution < 1.29 is 0 Å². The topological polar surface area (TPSA) is 46.5 Å². The van der Waals surface area contributed by atoms with Gasteiger partial charge in [0.25, 0.3) is 0 Å². The Morgan fingerprint density at radius 3 is 2.67 bits per heavy atom. The standard InChI is InChI=1S/C14H14N4/c1-2-14-12(13-9-15-10-16-13)8-17-18(14)11-6-4-3-5-7-11/h3-10H,2H2,1H3,(H,15,16). The molecule has 0 aliphatic rings. The molecule has 3 rings (SSSR count). The van der Waals surface area contributed by atoms with Crippen LogP contribution in [0, 0.1) is 0 Å². The lowest BCUT2D eigenvalue weighted by atomic mass is 10.1. The first-order valence-electron chi connectivity index (χ1n) is 6.01. The molecule has 2 aromatic heterocycles. The third-order valence-electron chi connectivity index (χ3n) is 2.99. The van der Waals surface area contributed by atoms with Gasteiger partial charge in [-0.2, -0.15) is 5.10 Å². The van der Waals surface area contributed by atoms with Gasteiger partial charge in [0.15, 0.2) is 0 Å². The maximum Gasteiger partial charge on any atom is 0.0924 e. The van der Waals surface area contributed by atoms with Crippen LogP contribution in [0.3, 0.4) is 0 Å². The fraction of sp³-hybridized carbons (Fsp3) is 0.143. The molecule has 0 unspecified atom stereocenters. The summed E-state index contributed by atoms with van der Waals surface area (Å²) in [5, 5.41) is 4.48. The predicted octanol–water partition coefficient (Wildman–Crippen LogP) is 2.82. The van der Waals surface area contributed by atoms with Gasteiger partial charge in [-0.05, 0) is 18.6 Å². The Balaban J connectivity index is 2.13. The second kappa shape index (κ2) is 4.49. The number of aromatic nitrogens is 4. The molecular weight excluding hydrogens is 224 g/mol. The Kier molecular flexibility index (Phi) is 2.68. The van der Waals surface area contributed by atoms with E-state index in [9.17, 15) is 0 Å². The normalized spacial score (nSPS) is 10.7. The van der Waals surface area contributed by atoms with Crippen molar-refractivity contribution in [1.29, 1.82) is 0 Å². The number of benzene rings is 1. The highest BCUT2D eigenvalue weighted by molar-refractivity contribution is 5.61. The molecule has 1 N–H and O–H groups in total. The molecule has 0 aliphatic carbocycles. The number of nitrogens with one attached hydrogen (secondary N) is 1. The van der Waals surface area contributed by atoms with Crippen molar-refractivity contribution in [3.05, 3.63) is 54.7 Å². The molecule has 0 amide bonds. The van der Waals surface area contributed by atoms with Crippen LogP contribution in [0.15, 0.2) is 49.1 Å². The van der Waals surface area contributed by atoms with E-state index in [1.165, 1.54) is 5.69 Å². The van der Waals surface area contributed by atoms with Crippen LogP contribution in [-0.4, -0.2) is 19.7 Å². The molecule has 0 aliphatic heterocycles. The molecule has 0 radical (unpaired) electrons. The number of H-pyrrole nitrogens is 1. The molecule has 0 bridgehead atoms. The van der Waals surface area contributed by atoms with Gasteiger partial charge in [-0.25, -0.2) is 9.67 Å². The van der Waals surface area contributed by atoms with E-state index in [0.717, 1.165) is 23.4 Å². The van der Waals surface area contributed by atoms with Crippen molar-refractivity contribution in [3.8, 4) is 16.9 Å². The quantitative estimate of drug-likeness (QED) is 0.762.